The molecule has 5 nitrogen and oxygen atoms in total. The zero-order valence-electron chi connectivity index (χ0n) is 13.6. The quantitative estimate of drug-likeness (QED) is 0.737. The summed E-state index contributed by atoms with van der Waals surface area (Å²) in [6.45, 7) is 9.27. The molecule has 3 N–H and O–H groups in total. The minimum absolute atomic E-state index is 0.147. The zero-order valence-corrected chi connectivity index (χ0v) is 13.6. The average molecular weight is 304 g/mol. The molecule has 1 heterocycles. The van der Waals surface area contributed by atoms with E-state index in [1.165, 1.54) is 5.56 Å². The molecule has 0 bridgehead atoms. The van der Waals surface area contributed by atoms with Gasteiger partial charge in [0.1, 0.15) is 0 Å². The zero-order chi connectivity index (χ0) is 15.8. The van der Waals surface area contributed by atoms with Gasteiger partial charge in [-0.15, -0.1) is 0 Å². The van der Waals surface area contributed by atoms with Gasteiger partial charge in [-0.1, -0.05) is 19.1 Å². The van der Waals surface area contributed by atoms with Crippen molar-refractivity contribution in [2.75, 3.05) is 51.5 Å². The first-order valence-electron chi connectivity index (χ1n) is 8.23. The molecule has 0 radical (unpaired) electrons. The predicted octanol–water partition coefficient (Wildman–Crippen LogP) is 0.955. The number of benzene rings is 1. The molecule has 1 aromatic rings. The largest absolute Gasteiger partial charge is 0.399 e. The number of carbonyl (C=O) groups excluding carboxylic acids is 1. The van der Waals surface area contributed by atoms with E-state index in [0.29, 0.717) is 13.0 Å². The number of likely N-dealkylation sites (N-methyl/N-ethyl adjacent to an activating group) is 1. The van der Waals surface area contributed by atoms with E-state index in [-0.39, 0.29) is 5.91 Å². The van der Waals surface area contributed by atoms with Crippen LogP contribution in [0.3, 0.4) is 0 Å². The lowest BCUT2D eigenvalue weighted by molar-refractivity contribution is -0.121. The molecule has 122 valence electrons. The van der Waals surface area contributed by atoms with Gasteiger partial charge >= 0.3 is 0 Å². The highest BCUT2D eigenvalue weighted by Gasteiger charge is 2.15. The number of nitrogens with one attached hydrogen (secondary N) is 1. The van der Waals surface area contributed by atoms with Crippen molar-refractivity contribution in [3.8, 4) is 0 Å². The van der Waals surface area contributed by atoms with Gasteiger partial charge in [0.25, 0.3) is 0 Å². The fourth-order valence-corrected chi connectivity index (χ4v) is 2.71. The molecule has 1 fully saturated rings. The van der Waals surface area contributed by atoms with Crippen LogP contribution in [0.2, 0.25) is 0 Å². The minimum atomic E-state index is 0.147. The summed E-state index contributed by atoms with van der Waals surface area (Å²) >= 11 is 0. The second kappa shape index (κ2) is 8.76. The normalized spacial score (nSPS) is 16.6. The third-order valence-corrected chi connectivity index (χ3v) is 4.28. The highest BCUT2D eigenvalue weighted by molar-refractivity contribution is 5.76. The molecule has 5 heteroatoms. The summed E-state index contributed by atoms with van der Waals surface area (Å²) in [4.78, 5) is 16.7. The van der Waals surface area contributed by atoms with Crippen molar-refractivity contribution < 1.29 is 4.79 Å². The van der Waals surface area contributed by atoms with Crippen molar-refractivity contribution in [1.29, 1.82) is 0 Å². The molecular formula is C17H28N4O. The van der Waals surface area contributed by atoms with E-state index in [1.54, 1.807) is 0 Å². The summed E-state index contributed by atoms with van der Waals surface area (Å²) in [5.74, 6) is 0.147. The summed E-state index contributed by atoms with van der Waals surface area (Å²) in [5, 5.41) is 3.00. The molecule has 1 aromatic carbocycles. The number of amides is 1. The number of piperazine rings is 1. The smallest absolute Gasteiger partial charge is 0.221 e. The maximum atomic E-state index is 11.9. The van der Waals surface area contributed by atoms with E-state index >= 15 is 0 Å². The van der Waals surface area contributed by atoms with Gasteiger partial charge in [-0.25, -0.2) is 0 Å². The number of anilines is 1. The lowest BCUT2D eigenvalue weighted by Crippen LogP contribution is -2.47. The van der Waals surface area contributed by atoms with Gasteiger partial charge in [-0.05, 0) is 30.7 Å². The second-order valence-corrected chi connectivity index (χ2v) is 5.87. The monoisotopic (exact) mass is 304 g/mol. The molecule has 0 aliphatic carbocycles. The summed E-state index contributed by atoms with van der Waals surface area (Å²) < 4.78 is 0. The van der Waals surface area contributed by atoms with Gasteiger partial charge in [0.2, 0.25) is 5.91 Å². The molecule has 1 aliphatic rings. The molecule has 1 saturated heterocycles. The van der Waals surface area contributed by atoms with Gasteiger partial charge < -0.3 is 20.9 Å². The highest BCUT2D eigenvalue weighted by Crippen LogP contribution is 2.05. The molecule has 22 heavy (non-hydrogen) atoms. The standard InChI is InChI=1S/C17H28N4O/c1-2-20-11-13-21(14-12-20)10-8-17(22)19-9-7-15-3-5-16(18)6-4-15/h3-6H,2,7-14,18H2,1H3,(H,19,22). The summed E-state index contributed by atoms with van der Waals surface area (Å²) in [5.41, 5.74) is 7.63. The second-order valence-electron chi connectivity index (χ2n) is 5.87. The molecule has 0 atom stereocenters. The first kappa shape index (κ1) is 16.8. The van der Waals surface area contributed by atoms with E-state index in [4.69, 9.17) is 5.73 Å². The first-order chi connectivity index (χ1) is 10.7. The summed E-state index contributed by atoms with van der Waals surface area (Å²) in [7, 11) is 0. The number of nitrogens with two attached hydrogens (primary N) is 1. The Morgan fingerprint density at radius 3 is 2.41 bits per heavy atom. The Kier molecular flexibility index (Phi) is 6.68. The van der Waals surface area contributed by atoms with Crippen LogP contribution in [0, 0.1) is 0 Å². The van der Waals surface area contributed by atoms with Crippen LogP contribution in [-0.2, 0) is 11.2 Å². The molecule has 0 spiro atoms. The molecule has 0 unspecified atom stereocenters. The molecule has 2 rings (SSSR count). The number of hydrogen-bond acceptors (Lipinski definition) is 4. The highest BCUT2D eigenvalue weighted by atomic mass is 16.1. The molecule has 0 aromatic heterocycles. The fourth-order valence-electron chi connectivity index (χ4n) is 2.71. The lowest BCUT2D eigenvalue weighted by atomic mass is 10.1. The third-order valence-electron chi connectivity index (χ3n) is 4.28. The SMILES string of the molecule is CCN1CCN(CCC(=O)NCCc2ccc(N)cc2)CC1. The van der Waals surface area contributed by atoms with Crippen LogP contribution >= 0.6 is 0 Å². The predicted molar refractivity (Wildman–Crippen MR) is 90.7 cm³/mol. The first-order valence-corrected chi connectivity index (χ1v) is 8.23. The van der Waals surface area contributed by atoms with E-state index in [1.807, 2.05) is 24.3 Å². The van der Waals surface area contributed by atoms with Crippen LogP contribution in [0.1, 0.15) is 18.9 Å². The Labute approximate surface area is 133 Å². The van der Waals surface area contributed by atoms with Crippen LogP contribution in [0.4, 0.5) is 5.69 Å². The maximum absolute atomic E-state index is 11.9. The Morgan fingerprint density at radius 2 is 1.77 bits per heavy atom. The number of rotatable bonds is 7. The van der Waals surface area contributed by atoms with Crippen LogP contribution in [-0.4, -0.2) is 61.5 Å². The Balaban J connectivity index is 1.57. The van der Waals surface area contributed by atoms with E-state index in [0.717, 1.165) is 51.4 Å². The van der Waals surface area contributed by atoms with E-state index in [2.05, 4.69) is 22.0 Å². The topological polar surface area (TPSA) is 61.6 Å². The van der Waals surface area contributed by atoms with Crippen LogP contribution in [0.25, 0.3) is 0 Å². The number of carbonyl (C=O) groups is 1. The average Bonchev–Trinajstić information content (AvgIpc) is 2.55. The van der Waals surface area contributed by atoms with E-state index < -0.39 is 0 Å². The third kappa shape index (κ3) is 5.66. The van der Waals surface area contributed by atoms with Gasteiger partial charge in [-0.3, -0.25) is 4.79 Å². The van der Waals surface area contributed by atoms with Crippen molar-refractivity contribution in [3.05, 3.63) is 29.8 Å². The van der Waals surface area contributed by atoms with Crippen LogP contribution in [0.5, 0.6) is 0 Å². The minimum Gasteiger partial charge on any atom is -0.399 e. The Morgan fingerprint density at radius 1 is 1.14 bits per heavy atom. The molecule has 1 amide bonds. The van der Waals surface area contributed by atoms with Gasteiger partial charge in [0, 0.05) is 51.4 Å². The van der Waals surface area contributed by atoms with Crippen molar-refractivity contribution in [1.82, 2.24) is 15.1 Å². The fraction of sp³-hybridized carbons (Fsp3) is 0.588. The van der Waals surface area contributed by atoms with E-state index in [9.17, 15) is 4.79 Å². The summed E-state index contributed by atoms with van der Waals surface area (Å²) in [6.07, 6.45) is 1.44. The van der Waals surface area contributed by atoms with Crippen molar-refractivity contribution >= 4 is 11.6 Å². The molecule has 0 saturated carbocycles. The summed E-state index contributed by atoms with van der Waals surface area (Å²) in [6, 6.07) is 7.81. The maximum Gasteiger partial charge on any atom is 0.221 e. The van der Waals surface area contributed by atoms with Crippen LogP contribution in [0.15, 0.2) is 24.3 Å². The number of nitrogen functional groups attached to an aromatic ring is 1. The van der Waals surface area contributed by atoms with Gasteiger partial charge in [0.05, 0.1) is 0 Å². The van der Waals surface area contributed by atoms with Crippen molar-refractivity contribution in [2.45, 2.75) is 19.8 Å². The lowest BCUT2D eigenvalue weighted by Gasteiger charge is -2.33. The molecule has 1 aliphatic heterocycles. The van der Waals surface area contributed by atoms with Gasteiger partial charge in [0.15, 0.2) is 0 Å². The van der Waals surface area contributed by atoms with Crippen LogP contribution < -0.4 is 11.1 Å². The molecular weight excluding hydrogens is 276 g/mol. The van der Waals surface area contributed by atoms with Crippen molar-refractivity contribution in [3.63, 3.8) is 0 Å². The van der Waals surface area contributed by atoms with Gasteiger partial charge in [-0.2, -0.15) is 0 Å². The Hall–Kier alpha value is -1.59. The number of hydrogen-bond donors (Lipinski definition) is 2. The Bertz CT molecular complexity index is 452. The van der Waals surface area contributed by atoms with Crippen molar-refractivity contribution in [2.24, 2.45) is 0 Å². The number of nitrogens with zero attached hydrogens (tertiary/aromatic N) is 2.